The number of hydrogen-bond donors (Lipinski definition) is 0. The highest BCUT2D eigenvalue weighted by molar-refractivity contribution is 9.14. The van der Waals surface area contributed by atoms with E-state index in [1.807, 2.05) is 0 Å². The van der Waals surface area contributed by atoms with Gasteiger partial charge in [-0.3, -0.25) is 4.79 Å². The van der Waals surface area contributed by atoms with Crippen LogP contribution in [0.15, 0.2) is 21.1 Å². The monoisotopic (exact) mass is 302 g/mol. The van der Waals surface area contributed by atoms with Crippen molar-refractivity contribution in [2.45, 2.75) is 6.42 Å². The van der Waals surface area contributed by atoms with E-state index in [-0.39, 0.29) is 5.92 Å². The summed E-state index contributed by atoms with van der Waals surface area (Å²) < 4.78 is 1.88. The molecule has 4 atom stereocenters. The molecule has 0 spiro atoms. The maximum absolute atomic E-state index is 11.8. The lowest BCUT2D eigenvalue weighted by Crippen LogP contribution is -2.21. The first kappa shape index (κ1) is 8.42. The minimum absolute atomic E-state index is 0.235. The molecule has 1 saturated carbocycles. The summed E-state index contributed by atoms with van der Waals surface area (Å²) in [5.41, 5.74) is 0. The van der Waals surface area contributed by atoms with E-state index in [4.69, 9.17) is 0 Å². The zero-order valence-corrected chi connectivity index (χ0v) is 10.0. The van der Waals surface area contributed by atoms with Crippen LogP contribution in [0.5, 0.6) is 0 Å². The Bertz CT molecular complexity index is 356. The van der Waals surface area contributed by atoms with Crippen LogP contribution < -0.4 is 0 Å². The SMILES string of the molecule is O=C1C(Br)=C(Br)[C@@H]2[C@H]1[C@H]1C=C[C@@H]2C1. The molecule has 0 radical (unpaired) electrons. The molecular weight excluding hydrogens is 296 g/mol. The van der Waals surface area contributed by atoms with Crippen molar-refractivity contribution in [1.29, 1.82) is 0 Å². The Balaban J connectivity index is 2.11. The van der Waals surface area contributed by atoms with Crippen LogP contribution in [0.3, 0.4) is 0 Å². The second-order valence-corrected chi connectivity index (χ2v) is 5.67. The first-order valence-electron chi connectivity index (χ1n) is 4.48. The van der Waals surface area contributed by atoms with Gasteiger partial charge in [-0.1, -0.05) is 28.1 Å². The van der Waals surface area contributed by atoms with E-state index < -0.39 is 0 Å². The van der Waals surface area contributed by atoms with Crippen LogP contribution >= 0.6 is 31.9 Å². The Morgan fingerprint density at radius 3 is 2.38 bits per heavy atom. The number of carbonyl (C=O) groups is 1. The van der Waals surface area contributed by atoms with Crippen LogP contribution in [0.25, 0.3) is 0 Å². The molecule has 0 amide bonds. The smallest absolute Gasteiger partial charge is 0.174 e. The third-order valence-corrected chi connectivity index (χ3v) is 5.76. The van der Waals surface area contributed by atoms with Crippen molar-refractivity contribution in [1.82, 2.24) is 0 Å². The Morgan fingerprint density at radius 2 is 1.77 bits per heavy atom. The van der Waals surface area contributed by atoms with E-state index in [1.54, 1.807) is 0 Å². The van der Waals surface area contributed by atoms with E-state index in [0.29, 0.717) is 23.5 Å². The van der Waals surface area contributed by atoms with Gasteiger partial charge in [0.25, 0.3) is 0 Å². The van der Waals surface area contributed by atoms with E-state index in [2.05, 4.69) is 44.0 Å². The number of allylic oxidation sites excluding steroid dienone is 4. The number of halogens is 2. The lowest BCUT2D eigenvalue weighted by molar-refractivity contribution is -0.118. The van der Waals surface area contributed by atoms with Gasteiger partial charge in [0.05, 0.1) is 4.48 Å². The molecule has 0 unspecified atom stereocenters. The molecule has 0 aromatic heterocycles. The maximum Gasteiger partial charge on any atom is 0.174 e. The number of rotatable bonds is 0. The molecule has 3 rings (SSSR count). The number of hydrogen-bond acceptors (Lipinski definition) is 1. The molecule has 1 nitrogen and oxygen atoms in total. The second-order valence-electron chi connectivity index (χ2n) is 4.03. The Hall–Kier alpha value is 0.110. The van der Waals surface area contributed by atoms with Crippen molar-refractivity contribution in [2.24, 2.45) is 23.7 Å². The van der Waals surface area contributed by atoms with Crippen molar-refractivity contribution in [3.8, 4) is 0 Å². The molecule has 3 aliphatic carbocycles. The third-order valence-electron chi connectivity index (χ3n) is 3.48. The molecule has 0 saturated heterocycles. The minimum atomic E-state index is 0.235. The first-order valence-corrected chi connectivity index (χ1v) is 6.06. The standard InChI is InChI=1S/C10H8Br2O/c11-8-6-4-1-2-5(3-4)7(6)10(13)9(8)12/h1-2,4-7H,3H2/t4-,5+,6+,7-/m1/s1. The molecule has 3 heteroatoms. The fourth-order valence-electron chi connectivity index (χ4n) is 2.94. The van der Waals surface area contributed by atoms with Crippen molar-refractivity contribution < 1.29 is 4.79 Å². The van der Waals surface area contributed by atoms with Crippen molar-refractivity contribution >= 4 is 37.6 Å². The van der Waals surface area contributed by atoms with Gasteiger partial charge in [-0.25, -0.2) is 0 Å². The highest BCUT2D eigenvalue weighted by Gasteiger charge is 2.53. The van der Waals surface area contributed by atoms with Crippen LogP contribution in [-0.4, -0.2) is 5.78 Å². The van der Waals surface area contributed by atoms with Gasteiger partial charge in [0.2, 0.25) is 0 Å². The highest BCUT2D eigenvalue weighted by Crippen LogP contribution is 2.58. The summed E-state index contributed by atoms with van der Waals surface area (Å²) in [6.45, 7) is 0. The Kier molecular flexibility index (Phi) is 1.67. The molecule has 3 aliphatic rings. The Labute approximate surface area is 93.5 Å². The van der Waals surface area contributed by atoms with Gasteiger partial charge < -0.3 is 0 Å². The quantitative estimate of drug-likeness (QED) is 0.629. The average Bonchev–Trinajstić information content (AvgIpc) is 2.76. The molecule has 0 N–H and O–H groups in total. The molecule has 2 bridgehead atoms. The van der Waals surface area contributed by atoms with Gasteiger partial charge in [0.1, 0.15) is 0 Å². The summed E-state index contributed by atoms with van der Waals surface area (Å²) in [5, 5.41) is 0. The van der Waals surface area contributed by atoms with Crippen molar-refractivity contribution in [3.05, 3.63) is 21.1 Å². The third kappa shape index (κ3) is 0.899. The molecule has 1 fully saturated rings. The first-order chi connectivity index (χ1) is 6.20. The van der Waals surface area contributed by atoms with Gasteiger partial charge in [0, 0.05) is 16.3 Å². The van der Waals surface area contributed by atoms with Crippen LogP contribution in [0.4, 0.5) is 0 Å². The zero-order chi connectivity index (χ0) is 9.16. The lowest BCUT2D eigenvalue weighted by Gasteiger charge is -2.19. The summed E-state index contributed by atoms with van der Waals surface area (Å²) in [6.07, 6.45) is 5.66. The lowest BCUT2D eigenvalue weighted by atomic mass is 9.85. The second kappa shape index (κ2) is 2.57. The number of fused-ring (bicyclic) bond motifs is 5. The summed E-state index contributed by atoms with van der Waals surface area (Å²) in [7, 11) is 0. The van der Waals surface area contributed by atoms with E-state index >= 15 is 0 Å². The van der Waals surface area contributed by atoms with Crippen molar-refractivity contribution in [2.75, 3.05) is 0 Å². The van der Waals surface area contributed by atoms with Crippen LogP contribution in [0.2, 0.25) is 0 Å². The molecule has 0 aliphatic heterocycles. The molecule has 13 heavy (non-hydrogen) atoms. The van der Waals surface area contributed by atoms with Gasteiger partial charge in [-0.05, 0) is 34.2 Å². The summed E-state index contributed by atoms with van der Waals surface area (Å²) in [4.78, 5) is 11.8. The predicted molar refractivity (Wildman–Crippen MR) is 57.6 cm³/mol. The normalized spacial score (nSPS) is 46.5. The number of Topliss-reactive ketones (excluding diaryl/α,β-unsaturated/α-hetero) is 1. The van der Waals surface area contributed by atoms with Gasteiger partial charge >= 0.3 is 0 Å². The van der Waals surface area contributed by atoms with Crippen LogP contribution in [0.1, 0.15) is 6.42 Å². The van der Waals surface area contributed by atoms with Crippen LogP contribution in [0, 0.1) is 23.7 Å². The zero-order valence-electron chi connectivity index (χ0n) is 6.84. The van der Waals surface area contributed by atoms with E-state index in [0.717, 1.165) is 8.96 Å². The number of carbonyl (C=O) groups excluding carboxylic acids is 1. The maximum atomic E-state index is 11.8. The largest absolute Gasteiger partial charge is 0.293 e. The summed E-state index contributed by atoms with van der Waals surface area (Å²) >= 11 is 6.89. The average molecular weight is 304 g/mol. The summed E-state index contributed by atoms with van der Waals surface area (Å²) in [6, 6.07) is 0. The van der Waals surface area contributed by atoms with Gasteiger partial charge in [-0.15, -0.1) is 0 Å². The topological polar surface area (TPSA) is 17.1 Å². The fourth-order valence-corrected chi connectivity index (χ4v) is 4.28. The molecule has 0 aromatic rings. The highest BCUT2D eigenvalue weighted by atomic mass is 79.9. The Morgan fingerprint density at radius 1 is 1.15 bits per heavy atom. The van der Waals surface area contributed by atoms with Crippen LogP contribution in [-0.2, 0) is 4.79 Å². The minimum Gasteiger partial charge on any atom is -0.293 e. The summed E-state index contributed by atoms with van der Waals surface area (Å²) in [5.74, 6) is 2.08. The fraction of sp³-hybridized carbons (Fsp3) is 0.500. The molecule has 0 aromatic carbocycles. The van der Waals surface area contributed by atoms with Gasteiger partial charge in [-0.2, -0.15) is 0 Å². The van der Waals surface area contributed by atoms with E-state index in [1.165, 1.54) is 6.42 Å². The molecule has 68 valence electrons. The van der Waals surface area contributed by atoms with Crippen molar-refractivity contribution in [3.63, 3.8) is 0 Å². The molecular formula is C10H8Br2O. The van der Waals surface area contributed by atoms with Gasteiger partial charge in [0.15, 0.2) is 5.78 Å². The predicted octanol–water partition coefficient (Wildman–Crippen LogP) is 3.01. The number of ketones is 1. The molecule has 0 heterocycles. The van der Waals surface area contributed by atoms with E-state index in [9.17, 15) is 4.79 Å².